The second kappa shape index (κ2) is 1.88. The maximum atomic E-state index is 3.16. The molecule has 6 heavy (non-hydrogen) atoms. The molecule has 0 aliphatic heterocycles. The second-order valence-electron chi connectivity index (χ2n) is 1.67. The van der Waals surface area contributed by atoms with E-state index < -0.39 is 0 Å². The molecule has 1 fully saturated rings. The van der Waals surface area contributed by atoms with E-state index in [1.807, 2.05) is 0 Å². The van der Waals surface area contributed by atoms with Crippen molar-refractivity contribution < 1.29 is 0 Å². The van der Waals surface area contributed by atoms with E-state index in [0.29, 0.717) is 22.5 Å². The Labute approximate surface area is 51.4 Å². The van der Waals surface area contributed by atoms with E-state index in [2.05, 4.69) is 9.86 Å². The third-order valence-corrected chi connectivity index (χ3v) is 1.75. The van der Waals surface area contributed by atoms with Crippen LogP contribution in [0, 0.1) is 15.8 Å². The van der Waals surface area contributed by atoms with Crippen LogP contribution in [0.1, 0.15) is 12.8 Å². The summed E-state index contributed by atoms with van der Waals surface area (Å²) in [6.45, 7) is 0. The molecule has 0 unspecified atom stereocenters. The first-order valence-electron chi connectivity index (χ1n) is 2.36. The van der Waals surface area contributed by atoms with Crippen molar-refractivity contribution in [2.45, 2.75) is 12.8 Å². The first-order valence-corrected chi connectivity index (χ1v) is 5.21. The Hall–Kier alpha value is 0.359. The quantitative estimate of drug-likeness (QED) is 0.361. The van der Waals surface area contributed by atoms with Crippen LogP contribution in [0.2, 0.25) is 0 Å². The zero-order valence-electron chi connectivity index (χ0n) is 3.99. The van der Waals surface area contributed by atoms with E-state index in [-0.39, 0.29) is 0 Å². The second-order valence-corrected chi connectivity index (χ2v) is 3.10. The molecule has 0 radical (unpaired) electrons. The van der Waals surface area contributed by atoms with Crippen molar-refractivity contribution >= 4 is 22.5 Å². The van der Waals surface area contributed by atoms with Crippen LogP contribution in [-0.4, -0.2) is 22.5 Å². The van der Waals surface area contributed by atoms with Crippen LogP contribution in [0.25, 0.3) is 0 Å². The van der Waals surface area contributed by atoms with Gasteiger partial charge >= 0.3 is 51.1 Å². The van der Waals surface area contributed by atoms with Gasteiger partial charge in [0.05, 0.1) is 0 Å². The molecule has 1 aliphatic rings. The van der Waals surface area contributed by atoms with Gasteiger partial charge in [-0.3, -0.25) is 0 Å². The number of hydrogen-bond acceptors (Lipinski definition) is 0. The van der Waals surface area contributed by atoms with Crippen molar-refractivity contribution in [1.29, 1.82) is 0 Å². The average molecular weight is 187 g/mol. The van der Waals surface area contributed by atoms with Gasteiger partial charge in [0.2, 0.25) is 0 Å². The van der Waals surface area contributed by atoms with Crippen molar-refractivity contribution in [2.75, 3.05) is 0 Å². The average Bonchev–Trinajstić information content (AvgIpc) is 2.21. The van der Waals surface area contributed by atoms with Gasteiger partial charge in [-0.15, -0.1) is 0 Å². The molecule has 1 rings (SSSR count). The molecule has 0 heterocycles. The van der Waals surface area contributed by atoms with E-state index in [1.165, 1.54) is 12.8 Å². The van der Waals surface area contributed by atoms with Crippen LogP contribution in [0.5, 0.6) is 0 Å². The predicted molar refractivity (Wildman–Crippen MR) is 30.4 cm³/mol. The van der Waals surface area contributed by atoms with Crippen molar-refractivity contribution in [2.24, 2.45) is 5.92 Å². The summed E-state index contributed by atoms with van der Waals surface area (Å²) in [4.78, 5) is 0. The fourth-order valence-corrected chi connectivity index (χ4v) is 1.60. The molecular weight excluding hydrogens is 179 g/mol. The summed E-state index contributed by atoms with van der Waals surface area (Å²) < 4.78 is 3.09. The van der Waals surface area contributed by atoms with Gasteiger partial charge in [-0.05, 0) is 0 Å². The summed E-state index contributed by atoms with van der Waals surface area (Å²) in [6.07, 6.45) is 2.76. The Bertz CT molecular complexity index is 92.2. The summed E-state index contributed by atoms with van der Waals surface area (Å²) in [7, 11) is 0. The summed E-state index contributed by atoms with van der Waals surface area (Å²) in [5.74, 6) is 4.00. The van der Waals surface area contributed by atoms with Crippen molar-refractivity contribution in [3.05, 3.63) is 0 Å². The molecule has 32 valence electrons. The normalized spacial score (nSPS) is 19.3. The topological polar surface area (TPSA) is 0 Å². The molecule has 0 bridgehead atoms. The van der Waals surface area contributed by atoms with E-state index in [1.54, 1.807) is 0 Å². The summed E-state index contributed by atoms with van der Waals surface area (Å²) in [5, 5.41) is 0. The Morgan fingerprint density at radius 1 is 1.50 bits per heavy atom. The molecule has 1 heteroatoms. The van der Waals surface area contributed by atoms with Gasteiger partial charge < -0.3 is 0 Å². The third kappa shape index (κ3) is 1.22. The number of hydrogen-bond donors (Lipinski definition) is 0. The van der Waals surface area contributed by atoms with Crippen molar-refractivity contribution in [3.8, 4) is 9.86 Å². The molecule has 0 saturated heterocycles. The standard InChI is InChI=1S/C5H5.Sn.3H/c1-2-5-3-4-5;;;;/h5H,3-4H2;;;;. The van der Waals surface area contributed by atoms with Crippen LogP contribution >= 0.6 is 0 Å². The summed E-state index contributed by atoms with van der Waals surface area (Å²) in [5.41, 5.74) is 0. The zero-order valence-corrected chi connectivity index (χ0v) is 9.70. The molecule has 1 aliphatic carbocycles. The van der Waals surface area contributed by atoms with Gasteiger partial charge in [-0.2, -0.15) is 0 Å². The van der Waals surface area contributed by atoms with E-state index in [0.717, 1.165) is 5.92 Å². The minimum atomic E-state index is 0.638. The Morgan fingerprint density at radius 2 is 2.17 bits per heavy atom. The van der Waals surface area contributed by atoms with Gasteiger partial charge in [-0.25, -0.2) is 0 Å². The SMILES string of the molecule is [SnH3][C]#CC1CC1. The van der Waals surface area contributed by atoms with Crippen LogP contribution in [0.4, 0.5) is 0 Å². The van der Waals surface area contributed by atoms with Crippen molar-refractivity contribution in [1.82, 2.24) is 0 Å². The molecule has 0 nitrogen and oxygen atoms in total. The Balaban J connectivity index is 2.27. The molecular formula is C5H8Sn. The Kier molecular flexibility index (Phi) is 1.42. The van der Waals surface area contributed by atoms with E-state index >= 15 is 0 Å². The van der Waals surface area contributed by atoms with Gasteiger partial charge in [0.1, 0.15) is 0 Å². The van der Waals surface area contributed by atoms with Gasteiger partial charge in [0.15, 0.2) is 0 Å². The molecule has 0 amide bonds. The first-order chi connectivity index (χ1) is 2.93. The van der Waals surface area contributed by atoms with Crippen LogP contribution in [-0.2, 0) is 0 Å². The third-order valence-electron chi connectivity index (χ3n) is 0.926. The van der Waals surface area contributed by atoms with Crippen LogP contribution in [0.3, 0.4) is 0 Å². The van der Waals surface area contributed by atoms with Gasteiger partial charge in [0, 0.05) is 0 Å². The summed E-state index contributed by atoms with van der Waals surface area (Å²) >= 11 is 0.638. The number of rotatable bonds is 0. The summed E-state index contributed by atoms with van der Waals surface area (Å²) in [6, 6.07) is 0. The van der Waals surface area contributed by atoms with Gasteiger partial charge in [0.25, 0.3) is 0 Å². The molecule has 0 aromatic carbocycles. The van der Waals surface area contributed by atoms with Crippen LogP contribution < -0.4 is 0 Å². The molecule has 0 atom stereocenters. The zero-order chi connectivity index (χ0) is 4.41. The van der Waals surface area contributed by atoms with Crippen LogP contribution in [0.15, 0.2) is 0 Å². The molecule has 0 spiro atoms. The first kappa shape index (κ1) is 4.52. The predicted octanol–water partition coefficient (Wildman–Crippen LogP) is -0.277. The molecule has 1 saturated carbocycles. The minimum absolute atomic E-state index is 0.638. The fraction of sp³-hybridized carbons (Fsp3) is 0.600. The molecule has 0 aromatic heterocycles. The Morgan fingerprint density at radius 3 is 2.33 bits per heavy atom. The maximum absolute atomic E-state index is 3.16. The van der Waals surface area contributed by atoms with E-state index in [4.69, 9.17) is 0 Å². The molecule has 0 N–H and O–H groups in total. The monoisotopic (exact) mass is 188 g/mol. The molecule has 0 aromatic rings. The van der Waals surface area contributed by atoms with Crippen molar-refractivity contribution in [3.63, 3.8) is 0 Å². The fourth-order valence-electron chi connectivity index (χ4n) is 0.432. The van der Waals surface area contributed by atoms with E-state index in [9.17, 15) is 0 Å². The van der Waals surface area contributed by atoms with Gasteiger partial charge in [-0.1, -0.05) is 0 Å².